The van der Waals surface area contributed by atoms with Crippen molar-refractivity contribution in [3.8, 4) is 0 Å². The summed E-state index contributed by atoms with van der Waals surface area (Å²) >= 11 is 1.70. The second-order valence-corrected chi connectivity index (χ2v) is 6.06. The van der Waals surface area contributed by atoms with Crippen LogP contribution < -0.4 is 5.32 Å². The molecular formula is C14H17F3N2OS. The molecule has 0 radical (unpaired) electrons. The molecule has 0 aliphatic carbocycles. The molecule has 7 heteroatoms. The van der Waals surface area contributed by atoms with Crippen LogP contribution in [0, 0.1) is 0 Å². The van der Waals surface area contributed by atoms with Crippen LogP contribution in [0.1, 0.15) is 5.56 Å². The van der Waals surface area contributed by atoms with E-state index < -0.39 is 18.2 Å². The van der Waals surface area contributed by atoms with Gasteiger partial charge in [-0.2, -0.15) is 24.9 Å². The maximum atomic E-state index is 13.1. The minimum Gasteiger partial charge on any atom is -0.326 e. The van der Waals surface area contributed by atoms with Gasteiger partial charge in [-0.15, -0.1) is 0 Å². The molecule has 0 bridgehead atoms. The van der Waals surface area contributed by atoms with E-state index in [1.807, 2.05) is 0 Å². The SMILES string of the molecule is O=C(N[C@@H](Cc1ccccc1)C(F)(F)F)N1CCSCC1. The number of carbonyl (C=O) groups excluding carboxylic acids is 1. The third kappa shape index (κ3) is 4.84. The number of nitrogens with one attached hydrogen (secondary N) is 1. The number of urea groups is 1. The highest BCUT2D eigenvalue weighted by atomic mass is 32.2. The molecule has 1 aromatic rings. The van der Waals surface area contributed by atoms with Crippen molar-refractivity contribution in [3.63, 3.8) is 0 Å². The number of hydrogen-bond acceptors (Lipinski definition) is 2. The van der Waals surface area contributed by atoms with Crippen molar-refractivity contribution in [2.24, 2.45) is 0 Å². The van der Waals surface area contributed by atoms with Crippen molar-refractivity contribution >= 4 is 17.8 Å². The Bertz CT molecular complexity index is 461. The number of thioether (sulfide) groups is 1. The Morgan fingerprint density at radius 3 is 2.43 bits per heavy atom. The van der Waals surface area contributed by atoms with Crippen molar-refractivity contribution in [2.75, 3.05) is 24.6 Å². The summed E-state index contributed by atoms with van der Waals surface area (Å²) in [6, 6.07) is 5.88. The molecule has 2 rings (SSSR count). The Balaban J connectivity index is 2.01. The summed E-state index contributed by atoms with van der Waals surface area (Å²) < 4.78 is 39.3. The molecule has 1 aliphatic rings. The largest absolute Gasteiger partial charge is 0.408 e. The van der Waals surface area contributed by atoms with Gasteiger partial charge in [-0.05, 0) is 5.56 Å². The molecule has 1 N–H and O–H groups in total. The number of hydrogen-bond donors (Lipinski definition) is 1. The lowest BCUT2D eigenvalue weighted by atomic mass is 10.1. The topological polar surface area (TPSA) is 32.3 Å². The Morgan fingerprint density at radius 1 is 1.24 bits per heavy atom. The Labute approximate surface area is 125 Å². The minimum atomic E-state index is -4.46. The van der Waals surface area contributed by atoms with Crippen LogP contribution in [0.2, 0.25) is 0 Å². The van der Waals surface area contributed by atoms with Gasteiger partial charge in [0.05, 0.1) is 0 Å². The molecule has 0 unspecified atom stereocenters. The van der Waals surface area contributed by atoms with Gasteiger partial charge in [0.1, 0.15) is 6.04 Å². The summed E-state index contributed by atoms with van der Waals surface area (Å²) in [4.78, 5) is 13.4. The van der Waals surface area contributed by atoms with E-state index in [2.05, 4.69) is 5.32 Å². The Hall–Kier alpha value is -1.37. The molecular weight excluding hydrogens is 301 g/mol. The highest BCUT2D eigenvalue weighted by Crippen LogP contribution is 2.23. The van der Waals surface area contributed by atoms with Crippen LogP contribution in [-0.2, 0) is 6.42 Å². The number of alkyl halides is 3. The first kappa shape index (κ1) is 16.0. The molecule has 0 aromatic heterocycles. The van der Waals surface area contributed by atoms with Crippen LogP contribution in [0.3, 0.4) is 0 Å². The van der Waals surface area contributed by atoms with Gasteiger partial charge in [0.15, 0.2) is 0 Å². The molecule has 1 aromatic carbocycles. The summed E-state index contributed by atoms with van der Waals surface area (Å²) in [5, 5.41) is 2.13. The average molecular weight is 318 g/mol. The first-order chi connectivity index (χ1) is 9.97. The predicted octanol–water partition coefficient (Wildman–Crippen LogP) is 2.92. The summed E-state index contributed by atoms with van der Waals surface area (Å²) in [6.45, 7) is 0.985. The lowest BCUT2D eigenvalue weighted by Crippen LogP contribution is -2.53. The third-order valence-electron chi connectivity index (χ3n) is 3.27. The van der Waals surface area contributed by atoms with Crippen molar-refractivity contribution < 1.29 is 18.0 Å². The zero-order chi connectivity index (χ0) is 15.3. The molecule has 1 aliphatic heterocycles. The fraction of sp³-hybridized carbons (Fsp3) is 0.500. The predicted molar refractivity (Wildman–Crippen MR) is 77.4 cm³/mol. The Kier molecular flexibility index (Phi) is 5.39. The van der Waals surface area contributed by atoms with Crippen LogP contribution >= 0.6 is 11.8 Å². The van der Waals surface area contributed by atoms with E-state index in [0.717, 1.165) is 11.5 Å². The zero-order valence-corrected chi connectivity index (χ0v) is 12.2. The standard InChI is InChI=1S/C14H17F3N2OS/c15-14(16,17)12(10-11-4-2-1-3-5-11)18-13(20)19-6-8-21-9-7-19/h1-5,12H,6-10H2,(H,18,20)/t12-/m0/s1. The smallest absolute Gasteiger partial charge is 0.326 e. The maximum absolute atomic E-state index is 13.1. The van der Waals surface area contributed by atoms with Crippen molar-refractivity contribution in [1.29, 1.82) is 0 Å². The van der Waals surface area contributed by atoms with E-state index in [9.17, 15) is 18.0 Å². The molecule has 0 saturated carbocycles. The van der Waals surface area contributed by atoms with Gasteiger partial charge in [-0.25, -0.2) is 4.79 Å². The second kappa shape index (κ2) is 7.06. The van der Waals surface area contributed by atoms with Gasteiger partial charge in [0, 0.05) is 31.0 Å². The molecule has 1 heterocycles. The molecule has 2 amide bonds. The van der Waals surface area contributed by atoms with Gasteiger partial charge in [-0.3, -0.25) is 0 Å². The number of benzene rings is 1. The van der Waals surface area contributed by atoms with E-state index in [1.54, 1.807) is 42.1 Å². The summed E-state index contributed by atoms with van der Waals surface area (Å²) in [7, 11) is 0. The van der Waals surface area contributed by atoms with Crippen molar-refractivity contribution in [1.82, 2.24) is 10.2 Å². The van der Waals surface area contributed by atoms with Crippen LogP contribution in [0.4, 0.5) is 18.0 Å². The van der Waals surface area contributed by atoms with Gasteiger partial charge in [0.2, 0.25) is 0 Å². The zero-order valence-electron chi connectivity index (χ0n) is 11.4. The van der Waals surface area contributed by atoms with Crippen molar-refractivity contribution in [3.05, 3.63) is 35.9 Å². The number of nitrogens with zero attached hydrogens (tertiary/aromatic N) is 1. The summed E-state index contributed by atoms with van der Waals surface area (Å²) in [5.74, 6) is 1.53. The van der Waals surface area contributed by atoms with Crippen molar-refractivity contribution in [2.45, 2.75) is 18.6 Å². The average Bonchev–Trinajstić information content (AvgIpc) is 2.47. The third-order valence-corrected chi connectivity index (χ3v) is 4.22. The first-order valence-electron chi connectivity index (χ1n) is 6.70. The molecule has 0 spiro atoms. The van der Waals surface area contributed by atoms with E-state index in [1.165, 1.54) is 4.90 Å². The second-order valence-electron chi connectivity index (χ2n) is 4.83. The fourth-order valence-corrected chi connectivity index (χ4v) is 3.01. The first-order valence-corrected chi connectivity index (χ1v) is 7.86. The highest BCUT2D eigenvalue weighted by Gasteiger charge is 2.41. The van der Waals surface area contributed by atoms with Crippen LogP contribution in [0.25, 0.3) is 0 Å². The van der Waals surface area contributed by atoms with Gasteiger partial charge in [0.25, 0.3) is 0 Å². The normalized spacial score (nSPS) is 17.4. The van der Waals surface area contributed by atoms with Crippen LogP contribution in [-0.4, -0.2) is 47.7 Å². The van der Waals surface area contributed by atoms with E-state index in [4.69, 9.17) is 0 Å². The van der Waals surface area contributed by atoms with Crippen LogP contribution in [0.5, 0.6) is 0 Å². The quantitative estimate of drug-likeness (QED) is 0.929. The molecule has 1 atom stereocenters. The van der Waals surface area contributed by atoms with Gasteiger partial charge >= 0.3 is 12.2 Å². The molecule has 21 heavy (non-hydrogen) atoms. The highest BCUT2D eigenvalue weighted by molar-refractivity contribution is 7.99. The van der Waals surface area contributed by atoms with E-state index in [-0.39, 0.29) is 6.42 Å². The molecule has 1 saturated heterocycles. The number of carbonyl (C=O) groups is 1. The summed E-state index contributed by atoms with van der Waals surface area (Å²) in [5.41, 5.74) is 0.550. The molecule has 1 fully saturated rings. The number of rotatable bonds is 3. The maximum Gasteiger partial charge on any atom is 0.408 e. The van der Waals surface area contributed by atoms with Crippen LogP contribution in [0.15, 0.2) is 30.3 Å². The fourth-order valence-electron chi connectivity index (χ4n) is 2.11. The number of halogens is 3. The van der Waals surface area contributed by atoms with Gasteiger partial charge in [-0.1, -0.05) is 30.3 Å². The lowest BCUT2D eigenvalue weighted by Gasteiger charge is -2.30. The molecule has 3 nitrogen and oxygen atoms in total. The minimum absolute atomic E-state index is 0.251. The Morgan fingerprint density at radius 2 is 1.86 bits per heavy atom. The lowest BCUT2D eigenvalue weighted by molar-refractivity contribution is -0.153. The van der Waals surface area contributed by atoms with Gasteiger partial charge < -0.3 is 10.2 Å². The monoisotopic (exact) mass is 318 g/mol. The van der Waals surface area contributed by atoms with E-state index in [0.29, 0.717) is 18.7 Å². The molecule has 116 valence electrons. The van der Waals surface area contributed by atoms with E-state index >= 15 is 0 Å². The summed E-state index contributed by atoms with van der Waals surface area (Å²) in [6.07, 6.45) is -4.71. The number of amides is 2.